The van der Waals surface area contributed by atoms with Gasteiger partial charge < -0.3 is 19.9 Å². The minimum atomic E-state index is -0.958. The Morgan fingerprint density at radius 3 is 2.56 bits per heavy atom. The number of hydrogen-bond donors (Lipinski definition) is 2. The number of allylic oxidation sites excluding steroid dienone is 2. The second-order valence-corrected chi connectivity index (χ2v) is 8.02. The molecule has 0 unspecified atom stereocenters. The summed E-state index contributed by atoms with van der Waals surface area (Å²) < 4.78 is 10.4. The molecule has 1 amide bonds. The van der Waals surface area contributed by atoms with Crippen molar-refractivity contribution in [3.8, 4) is 0 Å². The molecule has 1 fully saturated rings. The molecule has 2 rings (SSSR count). The quantitative estimate of drug-likeness (QED) is 0.360. The molecule has 0 radical (unpaired) electrons. The van der Waals surface area contributed by atoms with E-state index in [4.69, 9.17) is 9.47 Å². The van der Waals surface area contributed by atoms with Crippen molar-refractivity contribution >= 4 is 18.0 Å². The van der Waals surface area contributed by atoms with Crippen LogP contribution in [0.15, 0.2) is 11.6 Å². The lowest BCUT2D eigenvalue weighted by Crippen LogP contribution is -2.53. The molecule has 4 atom stereocenters. The monoisotopic (exact) mass is 381 g/mol. The number of carbonyl (C=O) groups is 3. The second-order valence-electron chi connectivity index (χ2n) is 8.02. The Balaban J connectivity index is 1.97. The highest BCUT2D eigenvalue weighted by atomic mass is 16.7. The Hall–Kier alpha value is -2.05. The number of fused-ring (bicyclic) bond motifs is 1. The second kappa shape index (κ2) is 8.76. The van der Waals surface area contributed by atoms with Crippen LogP contribution in [-0.2, 0) is 19.1 Å². The number of rotatable bonds is 9. The van der Waals surface area contributed by atoms with Crippen molar-refractivity contribution in [2.45, 2.75) is 66.1 Å². The van der Waals surface area contributed by atoms with Crippen LogP contribution in [0.2, 0.25) is 0 Å². The summed E-state index contributed by atoms with van der Waals surface area (Å²) >= 11 is 0. The van der Waals surface area contributed by atoms with Gasteiger partial charge in [-0.25, -0.2) is 4.79 Å². The van der Waals surface area contributed by atoms with Crippen molar-refractivity contribution in [1.82, 2.24) is 5.32 Å². The van der Waals surface area contributed by atoms with Gasteiger partial charge in [0, 0.05) is 24.3 Å². The predicted molar refractivity (Wildman–Crippen MR) is 98.8 cm³/mol. The average molecular weight is 381 g/mol. The molecule has 0 aromatic rings. The third-order valence-corrected chi connectivity index (χ3v) is 5.67. The van der Waals surface area contributed by atoms with Gasteiger partial charge in [-0.3, -0.25) is 9.59 Å². The number of carboxylic acids is 1. The molecule has 7 nitrogen and oxygen atoms in total. The highest BCUT2D eigenvalue weighted by Gasteiger charge is 2.55. The zero-order valence-electron chi connectivity index (χ0n) is 16.6. The van der Waals surface area contributed by atoms with Crippen molar-refractivity contribution in [2.24, 2.45) is 23.2 Å². The summed E-state index contributed by atoms with van der Waals surface area (Å²) in [5.41, 5.74) is 0.894. The molecule has 0 heterocycles. The van der Waals surface area contributed by atoms with Gasteiger partial charge in [-0.05, 0) is 31.1 Å². The minimum Gasteiger partial charge on any atom is -0.481 e. The van der Waals surface area contributed by atoms with E-state index < -0.39 is 29.7 Å². The summed E-state index contributed by atoms with van der Waals surface area (Å²) in [7, 11) is 0. The van der Waals surface area contributed by atoms with Crippen molar-refractivity contribution in [2.75, 3.05) is 6.54 Å². The first kappa shape index (κ1) is 21.3. The van der Waals surface area contributed by atoms with Crippen LogP contribution in [0.25, 0.3) is 0 Å². The molecule has 0 aliphatic heterocycles. The first-order chi connectivity index (χ1) is 12.7. The maximum Gasteiger partial charge on any atom is 0.410 e. The van der Waals surface area contributed by atoms with Gasteiger partial charge >= 0.3 is 18.0 Å². The number of ether oxygens (including phenoxy) is 2. The van der Waals surface area contributed by atoms with Gasteiger partial charge in [-0.2, -0.15) is 0 Å². The number of aliphatic carboxylic acids is 1. The van der Waals surface area contributed by atoms with Crippen molar-refractivity contribution in [1.29, 1.82) is 0 Å². The van der Waals surface area contributed by atoms with Crippen molar-refractivity contribution in [3.05, 3.63) is 11.6 Å². The fraction of sp³-hybridized carbons (Fsp3) is 0.750. The summed E-state index contributed by atoms with van der Waals surface area (Å²) in [6, 6.07) is 0. The van der Waals surface area contributed by atoms with Crippen LogP contribution >= 0.6 is 0 Å². The fourth-order valence-electron chi connectivity index (χ4n) is 4.21. The average Bonchev–Trinajstić information content (AvgIpc) is 2.95. The van der Waals surface area contributed by atoms with Crippen LogP contribution in [-0.4, -0.2) is 36.0 Å². The highest BCUT2D eigenvalue weighted by molar-refractivity contribution is 5.71. The van der Waals surface area contributed by atoms with Crippen LogP contribution < -0.4 is 5.32 Å². The Kier molecular flexibility index (Phi) is 6.89. The number of amides is 1. The largest absolute Gasteiger partial charge is 0.481 e. The molecule has 2 aliphatic carbocycles. The van der Waals surface area contributed by atoms with Gasteiger partial charge in [0.2, 0.25) is 0 Å². The van der Waals surface area contributed by atoms with Gasteiger partial charge in [0.05, 0.1) is 6.42 Å². The lowest BCUT2D eigenvalue weighted by Gasteiger charge is -2.51. The van der Waals surface area contributed by atoms with E-state index in [0.717, 1.165) is 19.3 Å². The third-order valence-electron chi connectivity index (χ3n) is 5.67. The first-order valence-corrected chi connectivity index (χ1v) is 9.76. The van der Waals surface area contributed by atoms with Gasteiger partial charge in [0.1, 0.15) is 0 Å². The maximum atomic E-state index is 12.2. The molecule has 152 valence electrons. The van der Waals surface area contributed by atoms with Crippen LogP contribution in [0, 0.1) is 23.2 Å². The van der Waals surface area contributed by atoms with Gasteiger partial charge in [-0.1, -0.05) is 39.3 Å². The highest BCUT2D eigenvalue weighted by Crippen LogP contribution is 2.59. The molecular formula is C20H31NO6. The van der Waals surface area contributed by atoms with E-state index in [2.05, 4.69) is 18.3 Å². The number of carbonyl (C=O) groups excluding carboxylic acids is 2. The smallest absolute Gasteiger partial charge is 0.410 e. The topological polar surface area (TPSA) is 102 Å². The normalized spacial score (nSPS) is 27.2. The fourth-order valence-corrected chi connectivity index (χ4v) is 4.21. The maximum absolute atomic E-state index is 12.2. The molecule has 0 aromatic carbocycles. The van der Waals surface area contributed by atoms with E-state index in [9.17, 15) is 19.5 Å². The number of alkyl carbamates (subject to hydrolysis) is 1. The molecule has 2 N–H and O–H groups in total. The number of esters is 1. The van der Waals surface area contributed by atoms with Gasteiger partial charge in [0.25, 0.3) is 6.29 Å². The summed E-state index contributed by atoms with van der Waals surface area (Å²) in [6.07, 6.45) is 3.54. The van der Waals surface area contributed by atoms with Gasteiger partial charge in [0.15, 0.2) is 0 Å². The van der Waals surface area contributed by atoms with Crippen LogP contribution in [0.1, 0.15) is 59.8 Å². The van der Waals surface area contributed by atoms with E-state index in [-0.39, 0.29) is 31.2 Å². The Morgan fingerprint density at radius 1 is 1.30 bits per heavy atom. The van der Waals surface area contributed by atoms with Crippen LogP contribution in [0.5, 0.6) is 0 Å². The molecule has 0 aromatic heterocycles. The number of carboxylic acid groups (broad SMARTS) is 1. The van der Waals surface area contributed by atoms with E-state index in [0.29, 0.717) is 5.92 Å². The summed E-state index contributed by atoms with van der Waals surface area (Å²) in [5, 5.41) is 12.1. The zero-order valence-corrected chi connectivity index (χ0v) is 16.6. The first-order valence-electron chi connectivity index (χ1n) is 9.76. The molecule has 0 saturated heterocycles. The van der Waals surface area contributed by atoms with E-state index in [1.54, 1.807) is 20.8 Å². The van der Waals surface area contributed by atoms with Crippen molar-refractivity contribution in [3.63, 3.8) is 0 Å². The molecule has 1 saturated carbocycles. The molecule has 27 heavy (non-hydrogen) atoms. The lowest BCUT2D eigenvalue weighted by atomic mass is 9.53. The summed E-state index contributed by atoms with van der Waals surface area (Å²) in [4.78, 5) is 35.1. The van der Waals surface area contributed by atoms with Crippen LogP contribution in [0.4, 0.5) is 4.79 Å². The molecule has 7 heteroatoms. The summed E-state index contributed by atoms with van der Waals surface area (Å²) in [6.45, 7) is 7.59. The lowest BCUT2D eigenvalue weighted by molar-refractivity contribution is -0.174. The van der Waals surface area contributed by atoms with Crippen molar-refractivity contribution < 1.29 is 29.0 Å². The van der Waals surface area contributed by atoms with E-state index in [1.807, 2.05) is 0 Å². The molecule has 0 spiro atoms. The van der Waals surface area contributed by atoms with Gasteiger partial charge in [-0.15, -0.1) is 0 Å². The Morgan fingerprint density at radius 2 is 2.00 bits per heavy atom. The Bertz CT molecular complexity index is 614. The molecule has 0 bridgehead atoms. The Labute approximate surface area is 160 Å². The third kappa shape index (κ3) is 5.02. The standard InChI is InChI=1S/C20H31NO6/c1-5-13-7-14-9-20(10-16(22)23,15(14)8-13)11-21-19(25)27-18(12(3)4)26-17(24)6-2/h8,12,14-15,18H,5-7,9-11H2,1-4H3,(H,21,25)(H,22,23)/t14-,15+,18+,20+/m1/s1. The van der Waals surface area contributed by atoms with E-state index >= 15 is 0 Å². The summed E-state index contributed by atoms with van der Waals surface area (Å²) in [5.74, 6) is -0.821. The number of nitrogens with one attached hydrogen (secondary N) is 1. The minimum absolute atomic E-state index is 0.0143. The molecular weight excluding hydrogens is 350 g/mol. The van der Waals surface area contributed by atoms with E-state index in [1.165, 1.54) is 5.57 Å². The molecule has 2 aliphatic rings. The zero-order chi connectivity index (χ0) is 20.2. The predicted octanol–water partition coefficient (Wildman–Crippen LogP) is 3.49. The van der Waals surface area contributed by atoms with Crippen LogP contribution in [0.3, 0.4) is 0 Å². The SMILES string of the molecule is CCC(=O)O[C@@H](OC(=O)NC[C@@]1(CC(=O)O)C[C@H]2CC(CC)=C[C@@H]21)C(C)C. The number of hydrogen-bond acceptors (Lipinski definition) is 5.